The van der Waals surface area contributed by atoms with Crippen molar-refractivity contribution in [2.45, 2.75) is 13.5 Å². The summed E-state index contributed by atoms with van der Waals surface area (Å²) in [6.07, 6.45) is 1.47. The highest BCUT2D eigenvalue weighted by atomic mass is 16.3. The number of hydrogen-bond donors (Lipinski definition) is 1. The lowest BCUT2D eigenvalue weighted by molar-refractivity contribution is 0.452. The molecule has 4 nitrogen and oxygen atoms in total. The van der Waals surface area contributed by atoms with E-state index in [1.54, 1.807) is 4.68 Å². The molecule has 0 saturated heterocycles. The van der Waals surface area contributed by atoms with E-state index in [4.69, 9.17) is 5.11 Å². The molecule has 0 aromatic carbocycles. The van der Waals surface area contributed by atoms with Crippen LogP contribution in [0.4, 0.5) is 0 Å². The molecule has 0 unspecified atom stereocenters. The molecule has 0 bridgehead atoms. The minimum absolute atomic E-state index is 0.0214. The van der Waals surface area contributed by atoms with Crippen LogP contribution in [0.3, 0.4) is 0 Å². The molecule has 0 amide bonds. The molecule has 1 rings (SSSR count). The third-order valence-corrected chi connectivity index (χ3v) is 0.851. The van der Waals surface area contributed by atoms with Crippen LogP contribution in [0.1, 0.15) is 6.92 Å². The molecule has 0 fully saturated rings. The van der Waals surface area contributed by atoms with E-state index in [9.17, 15) is 0 Å². The van der Waals surface area contributed by atoms with Crippen molar-refractivity contribution < 1.29 is 5.11 Å². The van der Waals surface area contributed by atoms with E-state index in [1.807, 2.05) is 6.92 Å². The molecule has 0 aliphatic rings. The lowest BCUT2D eigenvalue weighted by Crippen LogP contribution is -1.92. The molecule has 1 aromatic rings. The molecule has 1 N–H and O–H groups in total. The maximum Gasteiger partial charge on any atom is 0.251 e. The van der Waals surface area contributed by atoms with E-state index in [1.165, 1.54) is 6.20 Å². The molecular weight excluding hydrogens is 106 g/mol. The summed E-state index contributed by atoms with van der Waals surface area (Å²) >= 11 is 0. The maximum atomic E-state index is 8.59. The molecule has 0 spiro atoms. The second-order valence-electron chi connectivity index (χ2n) is 1.43. The molecule has 0 aliphatic heterocycles. The summed E-state index contributed by atoms with van der Waals surface area (Å²) in [6.45, 7) is 2.67. The Bertz CT molecular complexity index is 172. The quantitative estimate of drug-likeness (QED) is 0.557. The van der Waals surface area contributed by atoms with Gasteiger partial charge in [0, 0.05) is 6.54 Å². The second-order valence-corrected chi connectivity index (χ2v) is 1.43. The van der Waals surface area contributed by atoms with Crippen LogP contribution < -0.4 is 0 Å². The van der Waals surface area contributed by atoms with Gasteiger partial charge in [0.25, 0.3) is 5.88 Å². The predicted molar refractivity (Wildman–Crippen MR) is 27.4 cm³/mol. The molecule has 0 radical (unpaired) electrons. The third kappa shape index (κ3) is 0.776. The number of aromatic hydroxyl groups is 1. The van der Waals surface area contributed by atoms with Gasteiger partial charge in [-0.3, -0.25) is 0 Å². The van der Waals surface area contributed by atoms with Crippen molar-refractivity contribution in [3.05, 3.63) is 6.20 Å². The lowest BCUT2D eigenvalue weighted by Gasteiger charge is -1.85. The first-order valence-electron chi connectivity index (χ1n) is 2.42. The van der Waals surface area contributed by atoms with Crippen LogP contribution in [0.15, 0.2) is 6.20 Å². The van der Waals surface area contributed by atoms with Crippen molar-refractivity contribution in [2.24, 2.45) is 0 Å². The van der Waals surface area contributed by atoms with E-state index in [0.717, 1.165) is 6.54 Å². The zero-order valence-corrected chi connectivity index (χ0v) is 4.57. The number of aryl methyl sites for hydroxylation is 1. The first kappa shape index (κ1) is 5.08. The minimum Gasteiger partial charge on any atom is -0.491 e. The minimum atomic E-state index is -0.0214. The van der Waals surface area contributed by atoms with Gasteiger partial charge >= 0.3 is 0 Å². The molecule has 0 saturated carbocycles. The van der Waals surface area contributed by atoms with Crippen LogP contribution in [-0.4, -0.2) is 20.1 Å². The van der Waals surface area contributed by atoms with Crippen molar-refractivity contribution in [1.82, 2.24) is 15.0 Å². The van der Waals surface area contributed by atoms with E-state index < -0.39 is 0 Å². The molecule has 0 aliphatic carbocycles. The fourth-order valence-electron chi connectivity index (χ4n) is 0.443. The van der Waals surface area contributed by atoms with Crippen LogP contribution in [0.25, 0.3) is 0 Å². The van der Waals surface area contributed by atoms with Gasteiger partial charge in [0.2, 0.25) is 0 Å². The Kier molecular flexibility index (Phi) is 1.15. The Balaban J connectivity index is 2.84. The zero-order chi connectivity index (χ0) is 5.98. The van der Waals surface area contributed by atoms with Crippen LogP contribution in [-0.2, 0) is 6.54 Å². The third-order valence-electron chi connectivity index (χ3n) is 0.851. The molecule has 4 heteroatoms. The molecule has 0 atom stereocenters. The summed E-state index contributed by atoms with van der Waals surface area (Å²) < 4.78 is 1.55. The Hall–Kier alpha value is -1.06. The fraction of sp³-hybridized carbons (Fsp3) is 0.500. The SMILES string of the molecule is CCn1cc(O)nn1. The second kappa shape index (κ2) is 1.81. The Morgan fingerprint density at radius 2 is 2.62 bits per heavy atom. The van der Waals surface area contributed by atoms with Gasteiger partial charge in [-0.25, -0.2) is 4.68 Å². The zero-order valence-electron chi connectivity index (χ0n) is 4.57. The smallest absolute Gasteiger partial charge is 0.251 e. The highest BCUT2D eigenvalue weighted by Crippen LogP contribution is 1.96. The van der Waals surface area contributed by atoms with Gasteiger partial charge in [-0.05, 0) is 6.92 Å². The van der Waals surface area contributed by atoms with Crippen LogP contribution in [0.2, 0.25) is 0 Å². The maximum absolute atomic E-state index is 8.59. The fourth-order valence-corrected chi connectivity index (χ4v) is 0.443. The van der Waals surface area contributed by atoms with Crippen LogP contribution in [0, 0.1) is 0 Å². The van der Waals surface area contributed by atoms with E-state index in [2.05, 4.69) is 10.3 Å². The molecular formula is C4H7N3O. The monoisotopic (exact) mass is 113 g/mol. The summed E-state index contributed by atoms with van der Waals surface area (Å²) in [5.41, 5.74) is 0. The molecule has 44 valence electrons. The number of nitrogens with zero attached hydrogens (tertiary/aromatic N) is 3. The average molecular weight is 113 g/mol. The Labute approximate surface area is 46.8 Å². The first-order chi connectivity index (χ1) is 3.83. The van der Waals surface area contributed by atoms with Gasteiger partial charge < -0.3 is 5.11 Å². The number of aromatic nitrogens is 3. The summed E-state index contributed by atoms with van der Waals surface area (Å²) in [5, 5.41) is 15.5. The van der Waals surface area contributed by atoms with Crippen molar-refractivity contribution in [2.75, 3.05) is 0 Å². The van der Waals surface area contributed by atoms with Gasteiger partial charge in [0.05, 0.1) is 6.20 Å². The first-order valence-corrected chi connectivity index (χ1v) is 2.42. The lowest BCUT2D eigenvalue weighted by atomic mass is 10.7. The predicted octanol–water partition coefficient (Wildman–Crippen LogP) is 0.00360. The highest BCUT2D eigenvalue weighted by Gasteiger charge is 1.90. The van der Waals surface area contributed by atoms with Crippen molar-refractivity contribution in [3.8, 4) is 5.88 Å². The highest BCUT2D eigenvalue weighted by molar-refractivity contribution is 4.94. The standard InChI is InChI=1S/C4H7N3O/c1-2-7-3-4(8)5-6-7/h3,8H,2H2,1H3. The molecule has 8 heavy (non-hydrogen) atoms. The normalized spacial score (nSPS) is 9.62. The summed E-state index contributed by atoms with van der Waals surface area (Å²) in [4.78, 5) is 0. The van der Waals surface area contributed by atoms with E-state index in [-0.39, 0.29) is 5.88 Å². The van der Waals surface area contributed by atoms with Crippen molar-refractivity contribution in [3.63, 3.8) is 0 Å². The van der Waals surface area contributed by atoms with E-state index in [0.29, 0.717) is 0 Å². The van der Waals surface area contributed by atoms with Crippen molar-refractivity contribution >= 4 is 0 Å². The molecule has 1 heterocycles. The van der Waals surface area contributed by atoms with Gasteiger partial charge in [0.1, 0.15) is 0 Å². The van der Waals surface area contributed by atoms with Gasteiger partial charge in [-0.1, -0.05) is 10.3 Å². The van der Waals surface area contributed by atoms with Gasteiger partial charge in [0.15, 0.2) is 0 Å². The van der Waals surface area contributed by atoms with Gasteiger partial charge in [-0.2, -0.15) is 0 Å². The average Bonchev–Trinajstić information content (AvgIpc) is 2.14. The topological polar surface area (TPSA) is 50.9 Å². The van der Waals surface area contributed by atoms with Gasteiger partial charge in [-0.15, -0.1) is 0 Å². The number of hydrogen-bond acceptors (Lipinski definition) is 3. The van der Waals surface area contributed by atoms with Crippen molar-refractivity contribution in [1.29, 1.82) is 0 Å². The number of rotatable bonds is 1. The Morgan fingerprint density at radius 3 is 2.88 bits per heavy atom. The summed E-state index contributed by atoms with van der Waals surface area (Å²) in [6, 6.07) is 0. The molecule has 1 aromatic heterocycles. The van der Waals surface area contributed by atoms with E-state index >= 15 is 0 Å². The Morgan fingerprint density at radius 1 is 1.88 bits per heavy atom. The summed E-state index contributed by atoms with van der Waals surface area (Å²) in [5.74, 6) is -0.0214. The van der Waals surface area contributed by atoms with Crippen LogP contribution >= 0.6 is 0 Å². The summed E-state index contributed by atoms with van der Waals surface area (Å²) in [7, 11) is 0. The largest absolute Gasteiger partial charge is 0.491 e. The van der Waals surface area contributed by atoms with Crippen LogP contribution in [0.5, 0.6) is 5.88 Å².